The van der Waals surface area contributed by atoms with Crippen LogP contribution in [0.4, 0.5) is 5.69 Å². The van der Waals surface area contributed by atoms with Crippen LogP contribution in [0.2, 0.25) is 0 Å². The number of rotatable bonds is 8. The number of hydrogen-bond donors (Lipinski definition) is 1. The quantitative estimate of drug-likeness (QED) is 0.573. The SMILES string of the molecule is C#CCn1ncc(NCC(C)(C)CCCCC)c(Br)c1=O. The van der Waals surface area contributed by atoms with Crippen molar-refractivity contribution in [3.8, 4) is 12.3 Å². The number of nitrogens with zero attached hydrogens (tertiary/aromatic N) is 2. The van der Waals surface area contributed by atoms with E-state index in [1.165, 1.54) is 23.9 Å². The lowest BCUT2D eigenvalue weighted by Gasteiger charge is -2.25. The molecule has 0 saturated heterocycles. The molecule has 0 bridgehead atoms. The summed E-state index contributed by atoms with van der Waals surface area (Å²) in [6.45, 7) is 7.65. The lowest BCUT2D eigenvalue weighted by Crippen LogP contribution is -2.27. The summed E-state index contributed by atoms with van der Waals surface area (Å²) in [7, 11) is 0. The van der Waals surface area contributed by atoms with Crippen LogP contribution in [0.3, 0.4) is 0 Å². The summed E-state index contributed by atoms with van der Waals surface area (Å²) in [4.78, 5) is 12.0. The van der Waals surface area contributed by atoms with Gasteiger partial charge in [0.1, 0.15) is 11.0 Å². The molecule has 4 nitrogen and oxygen atoms in total. The van der Waals surface area contributed by atoms with Crippen molar-refractivity contribution in [2.24, 2.45) is 5.41 Å². The Hall–Kier alpha value is -1.28. The van der Waals surface area contributed by atoms with Gasteiger partial charge < -0.3 is 5.32 Å². The smallest absolute Gasteiger partial charge is 0.284 e. The number of terminal acetylenes is 1. The maximum Gasteiger partial charge on any atom is 0.284 e. The first-order valence-electron chi connectivity index (χ1n) is 7.34. The highest BCUT2D eigenvalue weighted by molar-refractivity contribution is 9.10. The predicted molar refractivity (Wildman–Crippen MR) is 91.4 cm³/mol. The molecule has 0 aromatic carbocycles. The zero-order valence-electron chi connectivity index (χ0n) is 13.1. The molecular formula is C16H24BrN3O. The Morgan fingerprint density at radius 3 is 2.81 bits per heavy atom. The molecule has 116 valence electrons. The van der Waals surface area contributed by atoms with E-state index >= 15 is 0 Å². The molecule has 1 heterocycles. The molecule has 0 amide bonds. The van der Waals surface area contributed by atoms with Crippen molar-refractivity contribution in [1.82, 2.24) is 9.78 Å². The van der Waals surface area contributed by atoms with Gasteiger partial charge in [-0.2, -0.15) is 5.10 Å². The van der Waals surface area contributed by atoms with Gasteiger partial charge in [-0.15, -0.1) is 6.42 Å². The first kappa shape index (κ1) is 17.8. The fraction of sp³-hybridized carbons (Fsp3) is 0.625. The maximum absolute atomic E-state index is 12.0. The van der Waals surface area contributed by atoms with Gasteiger partial charge in [0.15, 0.2) is 0 Å². The highest BCUT2D eigenvalue weighted by Crippen LogP contribution is 2.25. The van der Waals surface area contributed by atoms with Crippen molar-refractivity contribution in [3.05, 3.63) is 21.0 Å². The standard InChI is InChI=1S/C16H24BrN3O/c1-5-7-8-9-16(3,4)12-18-13-11-19-20(10-6-2)15(21)14(13)17/h2,11,18H,5,7-10,12H2,1,3-4H3. The number of aromatic nitrogens is 2. The summed E-state index contributed by atoms with van der Waals surface area (Å²) in [5.41, 5.74) is 0.695. The van der Waals surface area contributed by atoms with Crippen LogP contribution in [0.25, 0.3) is 0 Å². The van der Waals surface area contributed by atoms with E-state index in [-0.39, 0.29) is 17.5 Å². The third-order valence-corrected chi connectivity index (χ3v) is 4.21. The van der Waals surface area contributed by atoms with Gasteiger partial charge in [0.2, 0.25) is 0 Å². The Bertz CT molecular complexity index is 558. The minimum absolute atomic E-state index is 0.181. The molecule has 21 heavy (non-hydrogen) atoms. The molecule has 1 aromatic rings. The van der Waals surface area contributed by atoms with E-state index in [9.17, 15) is 4.79 Å². The fourth-order valence-corrected chi connectivity index (χ4v) is 2.51. The number of anilines is 1. The largest absolute Gasteiger partial charge is 0.382 e. The number of nitrogens with one attached hydrogen (secondary N) is 1. The molecule has 5 heteroatoms. The van der Waals surface area contributed by atoms with Gasteiger partial charge >= 0.3 is 0 Å². The lowest BCUT2D eigenvalue weighted by atomic mass is 9.87. The second-order valence-corrected chi connectivity index (χ2v) is 6.81. The summed E-state index contributed by atoms with van der Waals surface area (Å²) in [5, 5.41) is 7.39. The first-order chi connectivity index (χ1) is 9.91. The van der Waals surface area contributed by atoms with E-state index in [0.717, 1.165) is 18.7 Å². The third-order valence-electron chi connectivity index (χ3n) is 3.44. The van der Waals surface area contributed by atoms with Crippen LogP contribution in [0.1, 0.15) is 46.5 Å². The minimum Gasteiger partial charge on any atom is -0.382 e. The zero-order valence-corrected chi connectivity index (χ0v) is 14.7. The zero-order chi connectivity index (χ0) is 15.9. The minimum atomic E-state index is -0.207. The van der Waals surface area contributed by atoms with Crippen molar-refractivity contribution in [2.75, 3.05) is 11.9 Å². The molecule has 0 aliphatic carbocycles. The molecule has 1 rings (SSSR count). The van der Waals surface area contributed by atoms with Gasteiger partial charge in [0.05, 0.1) is 11.9 Å². The van der Waals surface area contributed by atoms with Gasteiger partial charge in [-0.25, -0.2) is 4.68 Å². The molecule has 0 saturated carbocycles. The summed E-state index contributed by atoms with van der Waals surface area (Å²) in [6.07, 6.45) is 11.7. The second-order valence-electron chi connectivity index (χ2n) is 6.01. The average Bonchev–Trinajstić information content (AvgIpc) is 2.43. The molecule has 0 unspecified atom stereocenters. The lowest BCUT2D eigenvalue weighted by molar-refractivity contribution is 0.342. The topological polar surface area (TPSA) is 46.9 Å². The molecule has 0 radical (unpaired) electrons. The summed E-state index contributed by atoms with van der Waals surface area (Å²) in [5.74, 6) is 2.42. The Morgan fingerprint density at radius 2 is 2.19 bits per heavy atom. The second kappa shape index (κ2) is 8.23. The van der Waals surface area contributed by atoms with Crippen LogP contribution in [0.5, 0.6) is 0 Å². The third kappa shape index (κ3) is 5.55. The monoisotopic (exact) mass is 353 g/mol. The van der Waals surface area contributed by atoms with Crippen LogP contribution >= 0.6 is 15.9 Å². The van der Waals surface area contributed by atoms with E-state index in [2.05, 4.69) is 53.0 Å². The molecule has 1 N–H and O–H groups in total. The van der Waals surface area contributed by atoms with Crippen LogP contribution in [0.15, 0.2) is 15.5 Å². The number of hydrogen-bond acceptors (Lipinski definition) is 3. The van der Waals surface area contributed by atoms with Crippen molar-refractivity contribution in [1.29, 1.82) is 0 Å². The van der Waals surface area contributed by atoms with Gasteiger partial charge in [0, 0.05) is 6.54 Å². The molecule has 0 spiro atoms. The highest BCUT2D eigenvalue weighted by Gasteiger charge is 2.18. The van der Waals surface area contributed by atoms with Gasteiger partial charge in [-0.05, 0) is 27.8 Å². The Labute approximate surface area is 135 Å². The predicted octanol–water partition coefficient (Wildman–Crippen LogP) is 3.66. The van der Waals surface area contributed by atoms with Crippen LogP contribution < -0.4 is 10.9 Å². The molecule has 0 fully saturated rings. The molecular weight excluding hydrogens is 330 g/mol. The van der Waals surface area contributed by atoms with Crippen LogP contribution in [-0.2, 0) is 6.54 Å². The van der Waals surface area contributed by atoms with E-state index < -0.39 is 0 Å². The van der Waals surface area contributed by atoms with E-state index in [1.807, 2.05) is 0 Å². The van der Waals surface area contributed by atoms with Crippen molar-refractivity contribution < 1.29 is 0 Å². The van der Waals surface area contributed by atoms with Crippen molar-refractivity contribution in [2.45, 2.75) is 53.0 Å². The summed E-state index contributed by atoms with van der Waals surface area (Å²) >= 11 is 3.33. The van der Waals surface area contributed by atoms with E-state index in [0.29, 0.717) is 4.47 Å². The van der Waals surface area contributed by atoms with Crippen molar-refractivity contribution >= 4 is 21.6 Å². The fourth-order valence-electron chi connectivity index (χ4n) is 2.06. The summed E-state index contributed by atoms with van der Waals surface area (Å²) in [6, 6.07) is 0. The van der Waals surface area contributed by atoms with Gasteiger partial charge in [0.25, 0.3) is 5.56 Å². The molecule has 0 aliphatic rings. The molecule has 0 atom stereocenters. The Morgan fingerprint density at radius 1 is 1.48 bits per heavy atom. The maximum atomic E-state index is 12.0. The Balaban J connectivity index is 2.70. The number of unbranched alkanes of at least 4 members (excludes halogenated alkanes) is 2. The van der Waals surface area contributed by atoms with Gasteiger partial charge in [-0.1, -0.05) is 46.0 Å². The average molecular weight is 354 g/mol. The Kier molecular flexibility index (Phi) is 6.97. The van der Waals surface area contributed by atoms with Gasteiger partial charge in [-0.3, -0.25) is 4.79 Å². The highest BCUT2D eigenvalue weighted by atomic mass is 79.9. The number of halogens is 1. The van der Waals surface area contributed by atoms with E-state index in [4.69, 9.17) is 6.42 Å². The molecule has 0 aliphatic heterocycles. The van der Waals surface area contributed by atoms with Crippen LogP contribution in [0, 0.1) is 17.8 Å². The normalized spacial score (nSPS) is 11.2. The van der Waals surface area contributed by atoms with Crippen LogP contribution in [-0.4, -0.2) is 16.3 Å². The molecule has 1 aromatic heterocycles. The first-order valence-corrected chi connectivity index (χ1v) is 8.13. The van der Waals surface area contributed by atoms with E-state index in [1.54, 1.807) is 6.20 Å². The summed E-state index contributed by atoms with van der Waals surface area (Å²) < 4.78 is 1.75. The van der Waals surface area contributed by atoms with Crippen molar-refractivity contribution in [3.63, 3.8) is 0 Å².